The van der Waals surface area contributed by atoms with Crippen molar-refractivity contribution in [3.8, 4) is 11.5 Å². The maximum atomic E-state index is 6.11. The van der Waals surface area contributed by atoms with E-state index in [1.807, 2.05) is 72.8 Å². The molecule has 3 aromatic rings. The Morgan fingerprint density at radius 3 is 2.35 bits per heavy atom. The fourth-order valence-electron chi connectivity index (χ4n) is 2.55. The van der Waals surface area contributed by atoms with Gasteiger partial charge in [-0.05, 0) is 24.3 Å². The number of hydrogen-bond donors (Lipinski definition) is 2. The lowest BCUT2D eigenvalue weighted by atomic mass is 10.2. The van der Waals surface area contributed by atoms with Gasteiger partial charge in [-0.2, -0.15) is 0 Å². The SMILES string of the molecule is COc1cccc(CNNc2ccccc2)c1OCc1ccccc1Br. The maximum Gasteiger partial charge on any atom is 0.166 e. The molecule has 0 unspecified atom stereocenters. The van der Waals surface area contributed by atoms with E-state index >= 15 is 0 Å². The topological polar surface area (TPSA) is 42.5 Å². The van der Waals surface area contributed by atoms with Crippen molar-refractivity contribution in [2.45, 2.75) is 13.2 Å². The van der Waals surface area contributed by atoms with E-state index in [1.54, 1.807) is 7.11 Å². The van der Waals surface area contributed by atoms with Gasteiger partial charge in [0.15, 0.2) is 11.5 Å². The lowest BCUT2D eigenvalue weighted by Gasteiger charge is -2.16. The number of hydrazine groups is 1. The minimum Gasteiger partial charge on any atom is -0.493 e. The quantitative estimate of drug-likeness (QED) is 0.501. The number of methoxy groups -OCH3 is 1. The molecule has 0 aliphatic rings. The van der Waals surface area contributed by atoms with Crippen molar-refractivity contribution in [2.24, 2.45) is 0 Å². The van der Waals surface area contributed by atoms with E-state index < -0.39 is 0 Å². The van der Waals surface area contributed by atoms with Crippen molar-refractivity contribution in [2.75, 3.05) is 12.5 Å². The van der Waals surface area contributed by atoms with Gasteiger partial charge in [-0.15, -0.1) is 0 Å². The van der Waals surface area contributed by atoms with E-state index in [1.165, 1.54) is 0 Å². The van der Waals surface area contributed by atoms with Crippen molar-refractivity contribution in [3.63, 3.8) is 0 Å². The Labute approximate surface area is 162 Å². The van der Waals surface area contributed by atoms with Gasteiger partial charge in [-0.25, -0.2) is 5.43 Å². The molecule has 26 heavy (non-hydrogen) atoms. The largest absolute Gasteiger partial charge is 0.493 e. The van der Waals surface area contributed by atoms with Crippen LogP contribution >= 0.6 is 15.9 Å². The summed E-state index contributed by atoms with van der Waals surface area (Å²) < 4.78 is 12.6. The number of benzene rings is 3. The van der Waals surface area contributed by atoms with E-state index in [4.69, 9.17) is 9.47 Å². The second-order valence-electron chi connectivity index (χ2n) is 5.67. The smallest absolute Gasteiger partial charge is 0.166 e. The van der Waals surface area contributed by atoms with Crippen LogP contribution in [0, 0.1) is 0 Å². The molecule has 0 spiro atoms. The summed E-state index contributed by atoms with van der Waals surface area (Å²) in [5.74, 6) is 1.46. The lowest BCUT2D eigenvalue weighted by Crippen LogP contribution is -2.21. The van der Waals surface area contributed by atoms with Crippen LogP contribution in [0.25, 0.3) is 0 Å². The molecule has 0 heterocycles. The Bertz CT molecular complexity index is 840. The van der Waals surface area contributed by atoms with E-state index in [0.29, 0.717) is 13.2 Å². The van der Waals surface area contributed by atoms with Crippen molar-refractivity contribution >= 4 is 21.6 Å². The van der Waals surface area contributed by atoms with Gasteiger partial charge >= 0.3 is 0 Å². The van der Waals surface area contributed by atoms with Crippen LogP contribution in [-0.2, 0) is 13.2 Å². The molecule has 3 rings (SSSR count). The molecule has 5 heteroatoms. The Morgan fingerprint density at radius 1 is 0.846 bits per heavy atom. The van der Waals surface area contributed by atoms with Gasteiger partial charge in [0.2, 0.25) is 0 Å². The summed E-state index contributed by atoms with van der Waals surface area (Å²) in [5, 5.41) is 0. The van der Waals surface area contributed by atoms with Crippen LogP contribution in [0.2, 0.25) is 0 Å². The molecule has 4 nitrogen and oxygen atoms in total. The average Bonchev–Trinajstić information content (AvgIpc) is 2.68. The normalized spacial score (nSPS) is 10.4. The maximum absolute atomic E-state index is 6.11. The molecule has 0 aliphatic carbocycles. The molecule has 2 N–H and O–H groups in total. The molecule has 0 saturated carbocycles. The standard InChI is InChI=1S/C21H21BrN2O2/c1-25-20-13-7-9-16(14-23-24-18-10-3-2-4-11-18)21(20)26-15-17-8-5-6-12-19(17)22/h2-13,23-24H,14-15H2,1H3. The van der Waals surface area contributed by atoms with Crippen molar-refractivity contribution < 1.29 is 9.47 Å². The Balaban J connectivity index is 1.70. The number of nitrogens with one attached hydrogen (secondary N) is 2. The minimum atomic E-state index is 0.459. The third kappa shape index (κ3) is 4.77. The molecule has 0 fully saturated rings. The number of ether oxygens (including phenoxy) is 2. The third-order valence-electron chi connectivity index (χ3n) is 3.90. The van der Waals surface area contributed by atoms with Gasteiger partial charge in [-0.3, -0.25) is 0 Å². The number of halogens is 1. The van der Waals surface area contributed by atoms with Crippen LogP contribution in [0.5, 0.6) is 11.5 Å². The number of rotatable bonds is 8. The van der Waals surface area contributed by atoms with Crippen LogP contribution in [0.4, 0.5) is 5.69 Å². The Morgan fingerprint density at radius 2 is 1.58 bits per heavy atom. The van der Waals surface area contributed by atoms with Crippen LogP contribution in [-0.4, -0.2) is 7.11 Å². The zero-order chi connectivity index (χ0) is 18.2. The van der Waals surface area contributed by atoms with Crippen LogP contribution < -0.4 is 20.3 Å². The second kappa shape index (κ2) is 9.27. The summed E-state index contributed by atoms with van der Waals surface area (Å²) in [5.41, 5.74) is 9.51. The molecule has 0 aliphatic heterocycles. The first-order valence-corrected chi connectivity index (χ1v) is 9.13. The van der Waals surface area contributed by atoms with Crippen molar-refractivity contribution in [1.82, 2.24) is 5.43 Å². The highest BCUT2D eigenvalue weighted by molar-refractivity contribution is 9.10. The highest BCUT2D eigenvalue weighted by Crippen LogP contribution is 2.32. The molecule has 0 aromatic heterocycles. The molecular formula is C21H21BrN2O2. The van der Waals surface area contributed by atoms with Gasteiger partial charge < -0.3 is 14.9 Å². The van der Waals surface area contributed by atoms with Crippen molar-refractivity contribution in [1.29, 1.82) is 0 Å². The molecule has 0 radical (unpaired) electrons. The Kier molecular flexibility index (Phi) is 6.52. The number of para-hydroxylation sites is 2. The Hall–Kier alpha value is -2.50. The minimum absolute atomic E-state index is 0.459. The number of anilines is 1. The van der Waals surface area contributed by atoms with Crippen LogP contribution in [0.3, 0.4) is 0 Å². The molecule has 0 saturated heterocycles. The highest BCUT2D eigenvalue weighted by Gasteiger charge is 2.11. The predicted molar refractivity (Wildman–Crippen MR) is 108 cm³/mol. The van der Waals surface area contributed by atoms with E-state index in [-0.39, 0.29) is 0 Å². The summed E-state index contributed by atoms with van der Waals surface area (Å²) in [6.07, 6.45) is 0. The summed E-state index contributed by atoms with van der Waals surface area (Å²) >= 11 is 3.56. The van der Waals surface area contributed by atoms with Gasteiger partial charge in [0.05, 0.1) is 7.11 Å². The molecule has 0 bridgehead atoms. The van der Waals surface area contributed by atoms with Gasteiger partial charge in [0.25, 0.3) is 0 Å². The van der Waals surface area contributed by atoms with Gasteiger partial charge in [0.1, 0.15) is 6.61 Å². The van der Waals surface area contributed by atoms with Crippen LogP contribution in [0.15, 0.2) is 77.3 Å². The summed E-state index contributed by atoms with van der Waals surface area (Å²) in [7, 11) is 1.65. The molecule has 134 valence electrons. The second-order valence-corrected chi connectivity index (χ2v) is 6.53. The zero-order valence-corrected chi connectivity index (χ0v) is 16.1. The molecule has 3 aromatic carbocycles. The first-order chi connectivity index (χ1) is 12.8. The molecular weight excluding hydrogens is 392 g/mol. The third-order valence-corrected chi connectivity index (χ3v) is 4.67. The lowest BCUT2D eigenvalue weighted by molar-refractivity contribution is 0.280. The fraction of sp³-hybridized carbons (Fsp3) is 0.143. The average molecular weight is 413 g/mol. The monoisotopic (exact) mass is 412 g/mol. The fourth-order valence-corrected chi connectivity index (χ4v) is 2.95. The van der Waals surface area contributed by atoms with Crippen LogP contribution in [0.1, 0.15) is 11.1 Å². The summed E-state index contributed by atoms with van der Waals surface area (Å²) in [6, 6.07) is 23.9. The van der Waals surface area contributed by atoms with E-state index in [2.05, 4.69) is 26.8 Å². The molecule has 0 atom stereocenters. The van der Waals surface area contributed by atoms with Gasteiger partial charge in [0, 0.05) is 27.8 Å². The van der Waals surface area contributed by atoms with Gasteiger partial charge in [-0.1, -0.05) is 64.5 Å². The van der Waals surface area contributed by atoms with E-state index in [9.17, 15) is 0 Å². The zero-order valence-electron chi connectivity index (χ0n) is 14.5. The first-order valence-electron chi connectivity index (χ1n) is 8.34. The predicted octanol–water partition coefficient (Wildman–Crippen LogP) is 5.15. The highest BCUT2D eigenvalue weighted by atomic mass is 79.9. The summed E-state index contributed by atoms with van der Waals surface area (Å²) in [4.78, 5) is 0. The summed E-state index contributed by atoms with van der Waals surface area (Å²) in [6.45, 7) is 1.05. The first kappa shape index (κ1) is 18.3. The van der Waals surface area contributed by atoms with Crippen molar-refractivity contribution in [3.05, 3.63) is 88.4 Å². The number of hydrogen-bond acceptors (Lipinski definition) is 4. The molecule has 0 amide bonds. The van der Waals surface area contributed by atoms with E-state index in [0.717, 1.165) is 32.8 Å².